The van der Waals surface area contributed by atoms with Crippen LogP contribution < -0.4 is 5.73 Å². The third-order valence-electron chi connectivity index (χ3n) is 4.87. The number of halogens is 3. The van der Waals surface area contributed by atoms with Crippen molar-refractivity contribution < 1.29 is 22.7 Å². The molecule has 2 aromatic carbocycles. The Bertz CT molecular complexity index is 1040. The molecule has 1 aliphatic rings. The van der Waals surface area contributed by atoms with Gasteiger partial charge in [0.1, 0.15) is 11.5 Å². The molecule has 0 unspecified atom stereocenters. The van der Waals surface area contributed by atoms with Crippen molar-refractivity contribution in [1.29, 1.82) is 0 Å². The molecule has 1 amide bonds. The Labute approximate surface area is 158 Å². The van der Waals surface area contributed by atoms with Crippen LogP contribution in [0.4, 0.5) is 13.2 Å². The summed E-state index contributed by atoms with van der Waals surface area (Å²) in [4.78, 5) is 11.8. The largest absolute Gasteiger partial charge is 0.366 e. The molecule has 0 atom stereocenters. The first kappa shape index (κ1) is 18.5. The fourth-order valence-corrected chi connectivity index (χ4v) is 3.51. The van der Waals surface area contributed by atoms with E-state index in [9.17, 15) is 18.0 Å². The van der Waals surface area contributed by atoms with E-state index >= 15 is 0 Å². The van der Waals surface area contributed by atoms with Gasteiger partial charge in [-0.3, -0.25) is 9.48 Å². The van der Waals surface area contributed by atoms with Crippen molar-refractivity contribution in [2.45, 2.75) is 31.9 Å². The first-order valence-electron chi connectivity index (χ1n) is 8.94. The van der Waals surface area contributed by atoms with E-state index in [2.05, 4.69) is 9.84 Å². The smallest absolute Gasteiger partial charge is 0.345 e. The quantitative estimate of drug-likeness (QED) is 0.663. The lowest BCUT2D eigenvalue weighted by molar-refractivity contribution is -0.130. The second kappa shape index (κ2) is 7.27. The maximum atomic E-state index is 13.9. The lowest BCUT2D eigenvalue weighted by Crippen LogP contribution is -2.13. The predicted molar refractivity (Wildman–Crippen MR) is 97.6 cm³/mol. The van der Waals surface area contributed by atoms with Crippen molar-refractivity contribution in [3.8, 4) is 11.3 Å². The third kappa shape index (κ3) is 3.47. The molecule has 4 rings (SSSR count). The van der Waals surface area contributed by atoms with Gasteiger partial charge >= 0.3 is 6.61 Å². The number of para-hydroxylation sites is 1. The van der Waals surface area contributed by atoms with Gasteiger partial charge < -0.3 is 10.5 Å². The van der Waals surface area contributed by atoms with E-state index in [1.165, 1.54) is 12.1 Å². The molecule has 1 saturated carbocycles. The van der Waals surface area contributed by atoms with Gasteiger partial charge in [0.05, 0.1) is 18.7 Å². The number of aromatic nitrogens is 2. The molecule has 146 valence electrons. The highest BCUT2D eigenvalue weighted by Crippen LogP contribution is 2.44. The topological polar surface area (TPSA) is 70.1 Å². The monoisotopic (exact) mass is 389 g/mol. The molecular formula is C20H18F3N3O2. The second-order valence-electron chi connectivity index (χ2n) is 6.78. The number of carbonyl (C=O) groups is 1. The Balaban J connectivity index is 1.89. The van der Waals surface area contributed by atoms with Crippen molar-refractivity contribution in [2.75, 3.05) is 6.61 Å². The molecule has 5 nitrogen and oxygen atoms in total. The fourth-order valence-electron chi connectivity index (χ4n) is 3.51. The van der Waals surface area contributed by atoms with Crippen LogP contribution in [0.3, 0.4) is 0 Å². The van der Waals surface area contributed by atoms with Gasteiger partial charge in [-0.1, -0.05) is 18.2 Å². The van der Waals surface area contributed by atoms with Crippen LogP contribution in [-0.2, 0) is 11.3 Å². The molecular weight excluding hydrogens is 371 g/mol. The summed E-state index contributed by atoms with van der Waals surface area (Å²) < 4.78 is 44.7. The van der Waals surface area contributed by atoms with Gasteiger partial charge in [0.15, 0.2) is 0 Å². The molecule has 0 spiro atoms. The minimum absolute atomic E-state index is 0.103. The summed E-state index contributed by atoms with van der Waals surface area (Å²) in [5, 5.41) is 5.25. The summed E-state index contributed by atoms with van der Waals surface area (Å²) in [7, 11) is 0. The number of amides is 1. The van der Waals surface area contributed by atoms with Crippen LogP contribution >= 0.6 is 0 Å². The molecule has 1 heterocycles. The zero-order valence-corrected chi connectivity index (χ0v) is 14.9. The summed E-state index contributed by atoms with van der Waals surface area (Å²) in [5.74, 6) is -0.842. The van der Waals surface area contributed by atoms with Crippen LogP contribution in [0.2, 0.25) is 0 Å². The van der Waals surface area contributed by atoms with Crippen LogP contribution in [-0.4, -0.2) is 28.9 Å². The van der Waals surface area contributed by atoms with E-state index in [-0.39, 0.29) is 24.3 Å². The molecule has 8 heteroatoms. The molecule has 3 aromatic rings. The van der Waals surface area contributed by atoms with Gasteiger partial charge in [-0.05, 0) is 42.5 Å². The molecule has 2 N–H and O–H groups in total. The lowest BCUT2D eigenvalue weighted by Gasteiger charge is -2.08. The molecule has 0 aliphatic heterocycles. The van der Waals surface area contributed by atoms with Gasteiger partial charge in [0.2, 0.25) is 5.91 Å². The van der Waals surface area contributed by atoms with Crippen molar-refractivity contribution in [2.24, 2.45) is 5.73 Å². The molecule has 1 aliphatic carbocycles. The van der Waals surface area contributed by atoms with Crippen molar-refractivity contribution in [3.63, 3.8) is 0 Å². The summed E-state index contributed by atoms with van der Waals surface area (Å²) >= 11 is 0. The van der Waals surface area contributed by atoms with E-state index in [1.54, 1.807) is 4.68 Å². The van der Waals surface area contributed by atoms with E-state index < -0.39 is 18.3 Å². The fraction of sp³-hybridized carbons (Fsp3) is 0.300. The minimum Gasteiger partial charge on any atom is -0.366 e. The second-order valence-corrected chi connectivity index (χ2v) is 6.78. The average molecular weight is 389 g/mol. The number of hydrogen-bond acceptors (Lipinski definition) is 3. The highest BCUT2D eigenvalue weighted by Gasteiger charge is 2.28. The Hall–Kier alpha value is -2.87. The molecule has 0 bridgehead atoms. The number of nitrogens with zero attached hydrogens (tertiary/aromatic N) is 2. The van der Waals surface area contributed by atoms with Crippen molar-refractivity contribution in [1.82, 2.24) is 9.78 Å². The van der Waals surface area contributed by atoms with Crippen molar-refractivity contribution >= 4 is 16.8 Å². The maximum Gasteiger partial charge on any atom is 0.345 e. The molecule has 1 fully saturated rings. The predicted octanol–water partition coefficient (Wildman–Crippen LogP) is 4.06. The van der Waals surface area contributed by atoms with Crippen LogP contribution in [0.1, 0.15) is 34.7 Å². The molecule has 0 radical (unpaired) electrons. The normalized spacial score (nSPS) is 14.1. The number of ether oxygens (including phenoxy) is 1. The minimum atomic E-state index is -2.87. The van der Waals surface area contributed by atoms with Crippen LogP contribution in [0.15, 0.2) is 36.4 Å². The number of rotatable bonds is 7. The zero-order valence-electron chi connectivity index (χ0n) is 14.9. The van der Waals surface area contributed by atoms with Gasteiger partial charge in [-0.15, -0.1) is 0 Å². The number of hydrogen-bond donors (Lipinski definition) is 1. The van der Waals surface area contributed by atoms with Crippen LogP contribution in [0, 0.1) is 5.82 Å². The maximum absolute atomic E-state index is 13.9. The van der Waals surface area contributed by atoms with Gasteiger partial charge in [0, 0.05) is 16.5 Å². The summed E-state index contributed by atoms with van der Waals surface area (Å²) in [6.45, 7) is -2.99. The van der Waals surface area contributed by atoms with Crippen LogP contribution in [0.5, 0.6) is 0 Å². The lowest BCUT2D eigenvalue weighted by atomic mass is 9.99. The summed E-state index contributed by atoms with van der Waals surface area (Å²) in [6.07, 6.45) is 2.08. The van der Waals surface area contributed by atoms with Gasteiger partial charge in [-0.25, -0.2) is 4.39 Å². The SMILES string of the molecule is NC(=O)c1ccc(F)cc1-c1nn(CCOC(F)F)c2c(C3CC3)cccc12. The Morgan fingerprint density at radius 2 is 2.07 bits per heavy atom. The number of carbonyl (C=O) groups excluding carboxylic acids is 1. The Morgan fingerprint density at radius 3 is 2.75 bits per heavy atom. The van der Waals surface area contributed by atoms with Crippen LogP contribution in [0.25, 0.3) is 22.2 Å². The molecule has 28 heavy (non-hydrogen) atoms. The summed E-state index contributed by atoms with van der Waals surface area (Å²) in [5.41, 5.74) is 8.12. The number of nitrogens with two attached hydrogens (primary N) is 1. The molecule has 0 saturated heterocycles. The van der Waals surface area contributed by atoms with Gasteiger partial charge in [-0.2, -0.15) is 13.9 Å². The highest BCUT2D eigenvalue weighted by molar-refractivity contribution is 6.04. The number of primary amides is 1. The van der Waals surface area contributed by atoms with E-state index in [0.29, 0.717) is 11.6 Å². The molecule has 1 aromatic heterocycles. The highest BCUT2D eigenvalue weighted by atomic mass is 19.3. The standard InChI is InChI=1S/C20H18F3N3O2/c21-12-6-7-14(19(24)27)16(10-12)17-15-3-1-2-13(11-4-5-11)18(15)26(25-17)8-9-28-20(22)23/h1-3,6-7,10-11,20H,4-5,8-9H2,(H2,24,27). The van der Waals surface area contributed by atoms with E-state index in [0.717, 1.165) is 35.4 Å². The zero-order chi connectivity index (χ0) is 19.8. The summed E-state index contributed by atoms with van der Waals surface area (Å²) in [6, 6.07) is 9.38. The van der Waals surface area contributed by atoms with E-state index in [4.69, 9.17) is 5.73 Å². The van der Waals surface area contributed by atoms with Gasteiger partial charge in [0.25, 0.3) is 0 Å². The number of alkyl halides is 2. The first-order valence-corrected chi connectivity index (χ1v) is 8.94. The Morgan fingerprint density at radius 1 is 1.29 bits per heavy atom. The average Bonchev–Trinajstić information content (AvgIpc) is 3.43. The Kier molecular flexibility index (Phi) is 4.80. The first-order chi connectivity index (χ1) is 13.5. The third-order valence-corrected chi connectivity index (χ3v) is 4.87. The number of benzene rings is 2. The number of fused-ring (bicyclic) bond motifs is 1. The van der Waals surface area contributed by atoms with Crippen molar-refractivity contribution in [3.05, 3.63) is 53.3 Å². The van der Waals surface area contributed by atoms with E-state index in [1.807, 2.05) is 18.2 Å².